The van der Waals surface area contributed by atoms with Crippen molar-refractivity contribution in [3.63, 3.8) is 0 Å². The van der Waals surface area contributed by atoms with Crippen molar-refractivity contribution in [3.8, 4) is 0 Å². The maximum absolute atomic E-state index is 13.1. The molecule has 2 aromatic carbocycles. The molecule has 3 heterocycles. The van der Waals surface area contributed by atoms with Crippen molar-refractivity contribution in [2.45, 2.75) is 12.1 Å². The molecule has 2 amide bonds. The molecule has 0 bridgehead atoms. The van der Waals surface area contributed by atoms with Crippen molar-refractivity contribution in [1.82, 2.24) is 19.7 Å². The lowest BCUT2D eigenvalue weighted by atomic mass is 10.1. The van der Waals surface area contributed by atoms with Crippen LogP contribution >= 0.6 is 11.6 Å². The van der Waals surface area contributed by atoms with Crippen LogP contribution in [0, 0.1) is 0 Å². The minimum absolute atomic E-state index is 0.00979. The lowest BCUT2D eigenvalue weighted by Crippen LogP contribution is -2.54. The summed E-state index contributed by atoms with van der Waals surface area (Å²) in [7, 11) is 0. The van der Waals surface area contributed by atoms with Crippen LogP contribution in [0.4, 0.5) is 0 Å². The lowest BCUT2D eigenvalue weighted by Gasteiger charge is -2.38. The van der Waals surface area contributed by atoms with Gasteiger partial charge >= 0.3 is 0 Å². The molecule has 3 aromatic rings. The zero-order valence-electron chi connectivity index (χ0n) is 17.6. The maximum atomic E-state index is 13.1. The van der Waals surface area contributed by atoms with Gasteiger partial charge in [0.15, 0.2) is 0 Å². The molecular formula is C24H25ClN4O3. The van der Waals surface area contributed by atoms with Crippen LogP contribution < -0.4 is 0 Å². The number of H-pyrrole nitrogens is 1. The van der Waals surface area contributed by atoms with Gasteiger partial charge in [0.2, 0.25) is 0 Å². The van der Waals surface area contributed by atoms with Crippen LogP contribution in [0.2, 0.25) is 5.02 Å². The van der Waals surface area contributed by atoms with Crippen LogP contribution in [0.1, 0.15) is 20.7 Å². The molecule has 2 N–H and O–H groups in total. The monoisotopic (exact) mass is 452 g/mol. The van der Waals surface area contributed by atoms with Gasteiger partial charge in [-0.05, 0) is 30.3 Å². The number of amides is 2. The van der Waals surface area contributed by atoms with E-state index in [-0.39, 0.29) is 17.9 Å². The predicted octanol–water partition coefficient (Wildman–Crippen LogP) is 2.46. The molecule has 0 saturated carbocycles. The third-order valence-corrected chi connectivity index (χ3v) is 6.78. The zero-order chi connectivity index (χ0) is 22.2. The molecule has 0 spiro atoms. The number of nitrogens with one attached hydrogen (secondary N) is 1. The Bertz CT molecular complexity index is 1140. The van der Waals surface area contributed by atoms with Gasteiger partial charge in [0.05, 0.1) is 17.7 Å². The van der Waals surface area contributed by atoms with Crippen molar-refractivity contribution in [2.75, 3.05) is 39.3 Å². The number of rotatable bonds is 3. The fourth-order valence-corrected chi connectivity index (χ4v) is 4.87. The lowest BCUT2D eigenvalue weighted by molar-refractivity contribution is 0.0376. The number of fused-ring (bicyclic) bond motifs is 1. The van der Waals surface area contributed by atoms with Gasteiger partial charge in [-0.1, -0.05) is 29.8 Å². The van der Waals surface area contributed by atoms with Crippen molar-refractivity contribution in [2.24, 2.45) is 0 Å². The molecule has 2 fully saturated rings. The quantitative estimate of drug-likeness (QED) is 0.639. The summed E-state index contributed by atoms with van der Waals surface area (Å²) in [6.45, 7) is 3.28. The van der Waals surface area contributed by atoms with E-state index in [0.717, 1.165) is 10.9 Å². The Morgan fingerprint density at radius 2 is 1.62 bits per heavy atom. The smallest absolute Gasteiger partial charge is 0.256 e. The van der Waals surface area contributed by atoms with Gasteiger partial charge in [-0.15, -0.1) is 0 Å². The Morgan fingerprint density at radius 1 is 0.906 bits per heavy atom. The van der Waals surface area contributed by atoms with Crippen LogP contribution in [0.5, 0.6) is 0 Å². The first-order valence-electron chi connectivity index (χ1n) is 10.8. The van der Waals surface area contributed by atoms with Gasteiger partial charge in [0.1, 0.15) is 0 Å². The topological polar surface area (TPSA) is 79.9 Å². The van der Waals surface area contributed by atoms with E-state index in [1.54, 1.807) is 35.4 Å². The molecule has 1 aromatic heterocycles. The number of nitrogens with zero attached hydrogens (tertiary/aromatic N) is 3. The summed E-state index contributed by atoms with van der Waals surface area (Å²) in [5.74, 6) is -0.0787. The molecule has 2 saturated heterocycles. The first-order chi connectivity index (χ1) is 15.5. The number of aromatic nitrogens is 1. The van der Waals surface area contributed by atoms with E-state index in [9.17, 15) is 14.7 Å². The van der Waals surface area contributed by atoms with Crippen LogP contribution in [0.15, 0.2) is 54.7 Å². The average Bonchev–Trinajstić information content (AvgIpc) is 3.42. The third kappa shape index (κ3) is 3.88. The number of likely N-dealkylation sites (tertiary alicyclic amines) is 1. The zero-order valence-corrected chi connectivity index (χ0v) is 18.3. The summed E-state index contributed by atoms with van der Waals surface area (Å²) in [4.78, 5) is 34.8. The van der Waals surface area contributed by atoms with E-state index in [2.05, 4.69) is 9.88 Å². The molecule has 2 unspecified atom stereocenters. The summed E-state index contributed by atoms with van der Waals surface area (Å²) in [5.41, 5.74) is 2.18. The van der Waals surface area contributed by atoms with Crippen molar-refractivity contribution < 1.29 is 14.7 Å². The molecule has 166 valence electrons. The second-order valence-corrected chi connectivity index (χ2v) is 8.86. The number of benzene rings is 2. The van der Waals surface area contributed by atoms with Crippen molar-refractivity contribution in [3.05, 3.63) is 70.9 Å². The molecule has 32 heavy (non-hydrogen) atoms. The highest BCUT2D eigenvalue weighted by molar-refractivity contribution is 6.30. The molecule has 5 rings (SSSR count). The van der Waals surface area contributed by atoms with Crippen LogP contribution in [0.3, 0.4) is 0 Å². The standard InChI is InChI=1S/C24H25ClN4O3/c25-17-7-5-16(6-8-17)23(31)28-11-9-27(10-12-28)21-14-29(15-22(21)30)24(32)19-13-26-20-4-2-1-3-18(19)20/h1-8,13,21-22,26,30H,9-12,14-15H2. The fraction of sp³-hybridized carbons (Fsp3) is 0.333. The molecule has 7 nitrogen and oxygen atoms in total. The largest absolute Gasteiger partial charge is 0.390 e. The summed E-state index contributed by atoms with van der Waals surface area (Å²) >= 11 is 5.92. The first-order valence-corrected chi connectivity index (χ1v) is 11.2. The SMILES string of the molecule is O=C(c1ccc(Cl)cc1)N1CCN(C2CN(C(=O)c3c[nH]c4ccccc34)CC2O)CC1. The van der Waals surface area contributed by atoms with Crippen LogP contribution in [-0.2, 0) is 0 Å². The fourth-order valence-electron chi connectivity index (χ4n) is 4.74. The number of aliphatic hydroxyl groups is 1. The Hall–Kier alpha value is -2.87. The average molecular weight is 453 g/mol. The van der Waals surface area contributed by atoms with Crippen molar-refractivity contribution in [1.29, 1.82) is 0 Å². The van der Waals surface area contributed by atoms with Crippen LogP contribution in [-0.4, -0.2) is 88.0 Å². The van der Waals surface area contributed by atoms with Gasteiger partial charge in [-0.25, -0.2) is 0 Å². The Kier molecular flexibility index (Phi) is 5.63. The number of aromatic amines is 1. The summed E-state index contributed by atoms with van der Waals surface area (Å²) in [6.07, 6.45) is 1.14. The second kappa shape index (κ2) is 8.58. The van der Waals surface area contributed by atoms with E-state index >= 15 is 0 Å². The van der Waals surface area contributed by atoms with Gasteiger partial charge in [-0.2, -0.15) is 0 Å². The summed E-state index contributed by atoms with van der Waals surface area (Å²) in [6, 6.07) is 14.5. The van der Waals surface area contributed by atoms with E-state index in [1.165, 1.54) is 0 Å². The number of para-hydroxylation sites is 1. The Morgan fingerprint density at radius 3 is 2.38 bits per heavy atom. The highest BCUT2D eigenvalue weighted by atomic mass is 35.5. The predicted molar refractivity (Wildman–Crippen MR) is 123 cm³/mol. The minimum atomic E-state index is -0.609. The molecule has 0 aliphatic carbocycles. The van der Waals surface area contributed by atoms with Gasteiger partial charge in [0.25, 0.3) is 11.8 Å². The number of hydrogen-bond donors (Lipinski definition) is 2. The molecule has 2 atom stereocenters. The molecular weight excluding hydrogens is 428 g/mol. The van der Waals surface area contributed by atoms with Crippen LogP contribution in [0.25, 0.3) is 10.9 Å². The highest BCUT2D eigenvalue weighted by Crippen LogP contribution is 2.24. The Labute approximate surface area is 191 Å². The second-order valence-electron chi connectivity index (χ2n) is 8.43. The number of carbonyl (C=O) groups is 2. The minimum Gasteiger partial charge on any atom is -0.390 e. The van der Waals surface area contributed by atoms with E-state index < -0.39 is 6.10 Å². The number of carbonyl (C=O) groups excluding carboxylic acids is 2. The molecule has 2 aliphatic rings. The normalized spacial score (nSPS) is 21.9. The maximum Gasteiger partial charge on any atom is 0.256 e. The Balaban J connectivity index is 1.21. The number of β-amino-alcohol motifs (C(OH)–C–C–N with tert-alkyl or cyclic N) is 1. The number of aliphatic hydroxyl groups excluding tert-OH is 1. The number of hydrogen-bond acceptors (Lipinski definition) is 4. The summed E-state index contributed by atoms with van der Waals surface area (Å²) < 4.78 is 0. The molecule has 8 heteroatoms. The first kappa shape index (κ1) is 21.0. The van der Waals surface area contributed by atoms with Crippen molar-refractivity contribution >= 4 is 34.3 Å². The number of halogens is 1. The third-order valence-electron chi connectivity index (χ3n) is 6.53. The van der Waals surface area contributed by atoms with Gasteiger partial charge in [-0.3, -0.25) is 14.5 Å². The van der Waals surface area contributed by atoms with Gasteiger partial charge in [0, 0.05) is 67.0 Å². The van der Waals surface area contributed by atoms with E-state index in [4.69, 9.17) is 11.6 Å². The summed E-state index contributed by atoms with van der Waals surface area (Å²) in [5, 5.41) is 12.2. The van der Waals surface area contributed by atoms with E-state index in [0.29, 0.717) is 55.4 Å². The molecule has 0 radical (unpaired) electrons. The van der Waals surface area contributed by atoms with E-state index in [1.807, 2.05) is 29.2 Å². The number of piperazine rings is 1. The van der Waals surface area contributed by atoms with Gasteiger partial charge < -0.3 is 19.9 Å². The molecule has 2 aliphatic heterocycles. The highest BCUT2D eigenvalue weighted by Gasteiger charge is 2.39.